The van der Waals surface area contributed by atoms with Gasteiger partial charge in [0.1, 0.15) is 13.2 Å². The van der Waals surface area contributed by atoms with Crippen LogP contribution in [-0.4, -0.2) is 23.1 Å². The summed E-state index contributed by atoms with van der Waals surface area (Å²) in [6.45, 7) is 0.590. The van der Waals surface area contributed by atoms with Gasteiger partial charge in [-0.1, -0.05) is 0 Å². The zero-order valence-corrected chi connectivity index (χ0v) is 13.3. The number of anilines is 2. The molecule has 0 atom stereocenters. The van der Waals surface area contributed by atoms with Crippen LogP contribution in [0.2, 0.25) is 0 Å². The number of nitro benzene ring substituents is 2. The van der Waals surface area contributed by atoms with Crippen molar-refractivity contribution < 1.29 is 32.5 Å². The van der Waals surface area contributed by atoms with Gasteiger partial charge in [-0.3, -0.25) is 20.2 Å². The van der Waals surface area contributed by atoms with Crippen molar-refractivity contribution in [1.29, 1.82) is 0 Å². The quantitative estimate of drug-likeness (QED) is 0.623. The molecule has 0 amide bonds. The molecule has 9 nitrogen and oxygen atoms in total. The van der Waals surface area contributed by atoms with Crippen molar-refractivity contribution in [1.82, 2.24) is 0 Å². The van der Waals surface area contributed by atoms with Crippen LogP contribution in [0.1, 0.15) is 5.56 Å². The average molecular weight is 385 g/mol. The molecule has 1 N–H and O–H groups in total. The fourth-order valence-corrected chi connectivity index (χ4v) is 2.46. The highest BCUT2D eigenvalue weighted by molar-refractivity contribution is 5.80. The maximum absolute atomic E-state index is 12.9. The standard InChI is InChI=1S/C15H10F3N3O6/c16-15(17,18)8-5-10(20(22)23)14(11(6-8)21(24)25)19-9-1-2-12-13(7-9)27-4-3-26-12/h1-2,5-7,19H,3-4H2. The largest absolute Gasteiger partial charge is 0.486 e. The first-order chi connectivity index (χ1) is 12.7. The van der Waals surface area contributed by atoms with Gasteiger partial charge in [-0.05, 0) is 12.1 Å². The lowest BCUT2D eigenvalue weighted by Gasteiger charge is -2.19. The van der Waals surface area contributed by atoms with Crippen molar-refractivity contribution in [2.45, 2.75) is 6.18 Å². The van der Waals surface area contributed by atoms with E-state index in [1.165, 1.54) is 18.2 Å². The van der Waals surface area contributed by atoms with Crippen molar-refractivity contribution in [3.05, 3.63) is 56.1 Å². The topological polar surface area (TPSA) is 117 Å². The van der Waals surface area contributed by atoms with Crippen molar-refractivity contribution in [2.75, 3.05) is 18.5 Å². The number of halogens is 3. The number of nitrogens with one attached hydrogen (secondary N) is 1. The van der Waals surface area contributed by atoms with E-state index in [1.807, 2.05) is 0 Å². The monoisotopic (exact) mass is 385 g/mol. The molecule has 3 rings (SSSR count). The molecule has 1 aliphatic heterocycles. The third-order valence-corrected chi connectivity index (χ3v) is 3.63. The number of hydrogen-bond donors (Lipinski definition) is 1. The lowest BCUT2D eigenvalue weighted by molar-refractivity contribution is -0.392. The number of alkyl halides is 3. The Morgan fingerprint density at radius 3 is 2.00 bits per heavy atom. The van der Waals surface area contributed by atoms with Crippen molar-refractivity contribution in [3.63, 3.8) is 0 Å². The molecule has 2 aromatic carbocycles. The van der Waals surface area contributed by atoms with E-state index < -0.39 is 38.6 Å². The second kappa shape index (κ2) is 6.63. The Labute approximate surface area is 148 Å². The van der Waals surface area contributed by atoms with Gasteiger partial charge in [-0.25, -0.2) is 0 Å². The van der Waals surface area contributed by atoms with E-state index in [-0.39, 0.29) is 24.4 Å². The molecule has 1 aliphatic rings. The maximum atomic E-state index is 12.9. The number of hydrogen-bond acceptors (Lipinski definition) is 7. The number of nitrogens with zero attached hydrogens (tertiary/aromatic N) is 2. The average Bonchev–Trinajstić information content (AvgIpc) is 2.60. The summed E-state index contributed by atoms with van der Waals surface area (Å²) in [6.07, 6.45) is -4.98. The van der Waals surface area contributed by atoms with Gasteiger partial charge in [0.25, 0.3) is 11.4 Å². The predicted octanol–water partition coefficient (Wildman–Crippen LogP) is 4.04. The van der Waals surface area contributed by atoms with Crippen LogP contribution < -0.4 is 14.8 Å². The number of rotatable bonds is 4. The highest BCUT2D eigenvalue weighted by Gasteiger charge is 2.37. The Balaban J connectivity index is 2.11. The van der Waals surface area contributed by atoms with Gasteiger partial charge in [0.05, 0.1) is 15.4 Å². The number of fused-ring (bicyclic) bond motifs is 1. The Morgan fingerprint density at radius 2 is 1.48 bits per heavy atom. The summed E-state index contributed by atoms with van der Waals surface area (Å²) in [6, 6.07) is 4.73. The molecule has 0 aromatic heterocycles. The molecule has 0 aliphatic carbocycles. The summed E-state index contributed by atoms with van der Waals surface area (Å²) in [5.74, 6) is 0.701. The molecule has 0 bridgehead atoms. The smallest absolute Gasteiger partial charge is 0.416 e. The second-order valence-electron chi connectivity index (χ2n) is 5.38. The summed E-state index contributed by atoms with van der Waals surface area (Å²) in [5.41, 5.74) is -4.17. The normalized spacial score (nSPS) is 13.1. The molecular weight excluding hydrogens is 375 g/mol. The third-order valence-electron chi connectivity index (χ3n) is 3.63. The van der Waals surface area contributed by atoms with Crippen molar-refractivity contribution in [2.24, 2.45) is 0 Å². The summed E-state index contributed by atoms with van der Waals surface area (Å²) in [7, 11) is 0. The molecule has 0 spiro atoms. The van der Waals surface area contributed by atoms with Gasteiger partial charge < -0.3 is 14.8 Å². The molecule has 12 heteroatoms. The molecular formula is C15H10F3N3O6. The molecule has 0 fully saturated rings. The van der Waals surface area contributed by atoms with Crippen LogP contribution >= 0.6 is 0 Å². The number of nitro groups is 2. The fourth-order valence-electron chi connectivity index (χ4n) is 2.46. The van der Waals surface area contributed by atoms with E-state index in [2.05, 4.69) is 5.32 Å². The molecule has 0 unspecified atom stereocenters. The van der Waals surface area contributed by atoms with E-state index >= 15 is 0 Å². The van der Waals surface area contributed by atoms with Crippen molar-refractivity contribution in [3.8, 4) is 11.5 Å². The third kappa shape index (κ3) is 3.68. The van der Waals surface area contributed by atoms with Crippen LogP contribution in [0.5, 0.6) is 11.5 Å². The van der Waals surface area contributed by atoms with E-state index in [9.17, 15) is 33.4 Å². The fraction of sp³-hybridized carbons (Fsp3) is 0.200. The van der Waals surface area contributed by atoms with E-state index in [4.69, 9.17) is 9.47 Å². The zero-order chi connectivity index (χ0) is 19.8. The molecule has 142 valence electrons. The Morgan fingerprint density at radius 1 is 0.926 bits per heavy atom. The first-order valence-electron chi connectivity index (χ1n) is 7.37. The molecule has 1 heterocycles. The molecule has 0 saturated heterocycles. The first-order valence-corrected chi connectivity index (χ1v) is 7.37. The summed E-state index contributed by atoms with van der Waals surface area (Å²) >= 11 is 0. The first kappa shape index (κ1) is 18.2. The predicted molar refractivity (Wildman–Crippen MR) is 85.5 cm³/mol. The van der Waals surface area contributed by atoms with Gasteiger partial charge in [-0.2, -0.15) is 13.2 Å². The summed E-state index contributed by atoms with van der Waals surface area (Å²) in [4.78, 5) is 20.2. The Hall–Kier alpha value is -3.57. The number of benzene rings is 2. The van der Waals surface area contributed by atoms with Crippen LogP contribution in [0.4, 0.5) is 35.9 Å². The van der Waals surface area contributed by atoms with E-state index in [0.29, 0.717) is 18.1 Å². The van der Waals surface area contributed by atoms with Crippen LogP contribution in [0.3, 0.4) is 0 Å². The second-order valence-corrected chi connectivity index (χ2v) is 5.38. The minimum absolute atomic E-state index is 0.144. The van der Waals surface area contributed by atoms with Gasteiger partial charge in [0.2, 0.25) is 0 Å². The lowest BCUT2D eigenvalue weighted by Crippen LogP contribution is -2.15. The molecule has 0 radical (unpaired) electrons. The minimum atomic E-state index is -4.98. The lowest BCUT2D eigenvalue weighted by atomic mass is 10.1. The van der Waals surface area contributed by atoms with Crippen LogP contribution in [0.15, 0.2) is 30.3 Å². The summed E-state index contributed by atoms with van der Waals surface area (Å²) < 4.78 is 49.4. The zero-order valence-electron chi connectivity index (χ0n) is 13.3. The number of ether oxygens (including phenoxy) is 2. The van der Waals surface area contributed by atoms with Gasteiger partial charge in [0.15, 0.2) is 17.2 Å². The van der Waals surface area contributed by atoms with Crippen LogP contribution in [-0.2, 0) is 6.18 Å². The van der Waals surface area contributed by atoms with E-state index in [0.717, 1.165) is 0 Å². The summed E-state index contributed by atoms with van der Waals surface area (Å²) in [5, 5.41) is 24.9. The Kier molecular flexibility index (Phi) is 4.47. The SMILES string of the molecule is O=[N+]([O-])c1cc(C(F)(F)F)cc([N+](=O)[O-])c1Nc1ccc2c(c1)OCCO2. The highest BCUT2D eigenvalue weighted by Crippen LogP contribution is 2.43. The van der Waals surface area contributed by atoms with Gasteiger partial charge in [0, 0.05) is 23.9 Å². The minimum Gasteiger partial charge on any atom is -0.486 e. The van der Waals surface area contributed by atoms with E-state index in [1.54, 1.807) is 0 Å². The molecule has 27 heavy (non-hydrogen) atoms. The van der Waals surface area contributed by atoms with Gasteiger partial charge in [-0.15, -0.1) is 0 Å². The highest BCUT2D eigenvalue weighted by atomic mass is 19.4. The van der Waals surface area contributed by atoms with Crippen LogP contribution in [0, 0.1) is 20.2 Å². The maximum Gasteiger partial charge on any atom is 0.416 e. The molecule has 0 saturated carbocycles. The Bertz CT molecular complexity index is 896. The van der Waals surface area contributed by atoms with Gasteiger partial charge >= 0.3 is 6.18 Å². The van der Waals surface area contributed by atoms with Crippen LogP contribution in [0.25, 0.3) is 0 Å². The van der Waals surface area contributed by atoms with Crippen molar-refractivity contribution >= 4 is 22.7 Å². The molecule has 2 aromatic rings.